The Hall–Kier alpha value is -1.02. The number of likely N-dealkylation sites (tertiary alicyclic amines) is 1. The molecule has 3 saturated heterocycles. The predicted molar refractivity (Wildman–Crippen MR) is 161 cm³/mol. The average Bonchev–Trinajstić information content (AvgIpc) is 3.72. The molecule has 0 amide bonds. The van der Waals surface area contributed by atoms with E-state index in [0.717, 1.165) is 96.8 Å². The molecule has 7 aliphatic rings. The third-order valence-electron chi connectivity index (χ3n) is 14.5. The van der Waals surface area contributed by atoms with Gasteiger partial charge in [-0.3, -0.25) is 9.69 Å². The molecule has 6 unspecified atom stereocenters. The molecule has 7 nitrogen and oxygen atoms in total. The second-order valence-corrected chi connectivity index (χ2v) is 16.1. The molecule has 3 aliphatic heterocycles. The monoisotopic (exact) mass is 584 g/mol. The number of morpholine rings is 1. The highest BCUT2D eigenvalue weighted by atomic mass is 16.5. The lowest BCUT2D eigenvalue weighted by atomic mass is 9.40. The van der Waals surface area contributed by atoms with E-state index in [0.29, 0.717) is 11.8 Å². The van der Waals surface area contributed by atoms with Crippen LogP contribution in [0.4, 0.5) is 0 Å². The largest absolute Gasteiger partial charge is 0.481 e. The second kappa shape index (κ2) is 11.1. The minimum atomic E-state index is -0.982. The highest BCUT2D eigenvalue weighted by Crippen LogP contribution is 2.85. The summed E-state index contributed by atoms with van der Waals surface area (Å²) in [7, 11) is 0. The Kier molecular flexibility index (Phi) is 7.84. The van der Waals surface area contributed by atoms with Crippen molar-refractivity contribution in [2.75, 3.05) is 52.5 Å². The van der Waals surface area contributed by atoms with Gasteiger partial charge in [-0.25, -0.2) is 0 Å². The quantitative estimate of drug-likeness (QED) is 0.383. The molecule has 0 spiro atoms. The van der Waals surface area contributed by atoms with Gasteiger partial charge in [0.2, 0.25) is 0 Å². The first kappa shape index (κ1) is 29.7. The minimum Gasteiger partial charge on any atom is -0.481 e. The van der Waals surface area contributed by atoms with Crippen LogP contribution < -0.4 is 0 Å². The number of hydrogen-bond donors (Lipinski definition) is 1. The Morgan fingerprint density at radius 3 is 2.45 bits per heavy atom. The first-order valence-electron chi connectivity index (χ1n) is 17.6. The summed E-state index contributed by atoms with van der Waals surface area (Å²) in [6.45, 7) is 15.2. The molecule has 1 N–H and O–H groups in total. The van der Waals surface area contributed by atoms with Gasteiger partial charge in [0.1, 0.15) is 6.29 Å². The lowest BCUT2D eigenvalue weighted by Gasteiger charge is -2.61. The maximum atomic E-state index is 13.9. The number of ether oxygens (including phenoxy) is 2. The van der Waals surface area contributed by atoms with Crippen molar-refractivity contribution in [3.05, 3.63) is 0 Å². The van der Waals surface area contributed by atoms with Gasteiger partial charge in [-0.1, -0.05) is 27.2 Å². The number of rotatable bonds is 9. The number of nitrogens with zero attached hydrogens (tertiary/aromatic N) is 2. The van der Waals surface area contributed by atoms with Gasteiger partial charge in [-0.15, -0.1) is 0 Å². The Labute approximate surface area is 253 Å². The lowest BCUT2D eigenvalue weighted by Crippen LogP contribution is -2.66. The van der Waals surface area contributed by atoms with Crippen LogP contribution in [-0.2, 0) is 19.1 Å². The van der Waals surface area contributed by atoms with Crippen LogP contribution >= 0.6 is 0 Å². The molecule has 0 aromatic carbocycles. The van der Waals surface area contributed by atoms with Gasteiger partial charge in [-0.05, 0) is 119 Å². The summed E-state index contributed by atoms with van der Waals surface area (Å²) in [5.74, 6) is 1.97. The summed E-state index contributed by atoms with van der Waals surface area (Å²) in [6, 6.07) is 0. The number of aldehydes is 1. The summed E-state index contributed by atoms with van der Waals surface area (Å²) in [5.41, 5.74) is -2.12. The van der Waals surface area contributed by atoms with E-state index in [1.807, 2.05) is 0 Å². The van der Waals surface area contributed by atoms with Crippen LogP contribution in [-0.4, -0.2) is 91.9 Å². The fraction of sp³-hybridized carbons (Fsp3) is 0.943. The van der Waals surface area contributed by atoms with Gasteiger partial charge >= 0.3 is 5.97 Å². The van der Waals surface area contributed by atoms with Crippen molar-refractivity contribution in [3.63, 3.8) is 0 Å². The molecule has 7 fully saturated rings. The van der Waals surface area contributed by atoms with Crippen LogP contribution in [0.1, 0.15) is 85.0 Å². The summed E-state index contributed by atoms with van der Waals surface area (Å²) in [6.07, 6.45) is 12.0. The number of carboxylic acids is 1. The first-order chi connectivity index (χ1) is 20.3. The van der Waals surface area contributed by atoms with Gasteiger partial charge in [0.25, 0.3) is 0 Å². The lowest BCUT2D eigenvalue weighted by molar-refractivity contribution is -0.215. The Balaban J connectivity index is 1.07. The molecule has 0 radical (unpaired) electrons. The average molecular weight is 585 g/mol. The molecule has 0 aromatic rings. The molecule has 7 heteroatoms. The Morgan fingerprint density at radius 1 is 1.00 bits per heavy atom. The van der Waals surface area contributed by atoms with Crippen LogP contribution in [0.5, 0.6) is 0 Å². The van der Waals surface area contributed by atoms with E-state index in [1.54, 1.807) is 0 Å². The highest BCUT2D eigenvalue weighted by Gasteiger charge is 2.88. The molecule has 7 rings (SSSR count). The zero-order valence-electron chi connectivity index (χ0n) is 26.5. The summed E-state index contributed by atoms with van der Waals surface area (Å²) >= 11 is 0. The fourth-order valence-electron chi connectivity index (χ4n) is 12.7. The van der Waals surface area contributed by atoms with Crippen molar-refractivity contribution in [1.29, 1.82) is 0 Å². The van der Waals surface area contributed by atoms with Gasteiger partial charge in [0, 0.05) is 30.5 Å². The zero-order valence-corrected chi connectivity index (χ0v) is 26.5. The van der Waals surface area contributed by atoms with Crippen molar-refractivity contribution in [2.24, 2.45) is 57.7 Å². The number of carbonyl (C=O) groups is 2. The molecule has 10 atom stereocenters. The van der Waals surface area contributed by atoms with Crippen molar-refractivity contribution >= 4 is 12.3 Å². The van der Waals surface area contributed by atoms with E-state index in [4.69, 9.17) is 9.47 Å². The molecule has 4 bridgehead atoms. The van der Waals surface area contributed by atoms with Crippen molar-refractivity contribution in [3.8, 4) is 0 Å². The Morgan fingerprint density at radius 2 is 1.76 bits per heavy atom. The predicted octanol–water partition coefficient (Wildman–Crippen LogP) is 4.97. The fourth-order valence-corrected chi connectivity index (χ4v) is 12.7. The van der Waals surface area contributed by atoms with E-state index < -0.39 is 22.2 Å². The molecular weight excluding hydrogens is 528 g/mol. The summed E-state index contributed by atoms with van der Waals surface area (Å²) in [4.78, 5) is 32.4. The normalized spacial score (nSPS) is 47.8. The maximum Gasteiger partial charge on any atom is 0.311 e. The maximum absolute atomic E-state index is 13.9. The van der Waals surface area contributed by atoms with Gasteiger partial charge < -0.3 is 24.3 Å². The molecule has 236 valence electrons. The zero-order chi connectivity index (χ0) is 29.3. The van der Waals surface area contributed by atoms with Gasteiger partial charge in [0.05, 0.1) is 30.8 Å². The Bertz CT molecular complexity index is 1020. The van der Waals surface area contributed by atoms with Crippen LogP contribution in [0.15, 0.2) is 0 Å². The van der Waals surface area contributed by atoms with Crippen molar-refractivity contribution < 1.29 is 24.2 Å². The highest BCUT2D eigenvalue weighted by molar-refractivity contribution is 5.86. The molecule has 4 aliphatic carbocycles. The van der Waals surface area contributed by atoms with E-state index in [-0.39, 0.29) is 35.9 Å². The number of hydrogen-bond acceptors (Lipinski definition) is 6. The first-order valence-corrected chi connectivity index (χ1v) is 17.6. The molecule has 4 saturated carbocycles. The number of carboxylic acid groups (broad SMARTS) is 1. The number of fused-ring (bicyclic) bond motifs is 2. The summed E-state index contributed by atoms with van der Waals surface area (Å²) in [5, 5.41) is 11.4. The third kappa shape index (κ3) is 4.11. The summed E-state index contributed by atoms with van der Waals surface area (Å²) < 4.78 is 12.6. The molecular formula is C35H56N2O5. The number of piperidine rings is 1. The second-order valence-electron chi connectivity index (χ2n) is 16.1. The van der Waals surface area contributed by atoms with Crippen LogP contribution in [0.2, 0.25) is 0 Å². The van der Waals surface area contributed by atoms with Crippen LogP contribution in [0, 0.1) is 57.7 Å². The standard InChI is InChI=1S/C35H56N2O5/c1-23(2)30-18-26-19-33(22-38)29-6-4-24(3)28(29)20-34(26,35(30,33)32(39)40)31-7-5-27(42-31)21-37-12-9-25(10-13-37)8-11-36-14-16-41-17-15-36/h22-31H,4-21H2,1-3H3,(H,39,40)/t24-,26?,27?,28-,29-,30?,31+,33?,34?,35?/m1/s1. The third-order valence-corrected chi connectivity index (χ3v) is 14.5. The number of carbonyl (C=O) groups excluding carboxylic acids is 1. The SMILES string of the molecule is CC(C)C1CC2CC3(C=O)[C@@H]4CC[C@@H](C)[C@H]4CC2([C@@H]2CCC(CN4CCC(CCN5CCOCC5)CC4)O2)C13C(=O)O. The van der Waals surface area contributed by atoms with E-state index in [1.165, 1.54) is 32.1 Å². The topological polar surface area (TPSA) is 79.3 Å². The van der Waals surface area contributed by atoms with E-state index in [9.17, 15) is 14.7 Å². The minimum absolute atomic E-state index is 0.0333. The van der Waals surface area contributed by atoms with Gasteiger partial charge in [0.15, 0.2) is 0 Å². The van der Waals surface area contributed by atoms with Gasteiger partial charge in [-0.2, -0.15) is 0 Å². The molecule has 3 heterocycles. The van der Waals surface area contributed by atoms with Crippen molar-refractivity contribution in [1.82, 2.24) is 9.80 Å². The van der Waals surface area contributed by atoms with Crippen LogP contribution in [0.25, 0.3) is 0 Å². The number of aliphatic carboxylic acids is 1. The molecule has 0 aromatic heterocycles. The van der Waals surface area contributed by atoms with E-state index in [2.05, 4.69) is 30.6 Å². The smallest absolute Gasteiger partial charge is 0.311 e. The van der Waals surface area contributed by atoms with Crippen molar-refractivity contribution in [2.45, 2.75) is 97.2 Å². The van der Waals surface area contributed by atoms with E-state index >= 15 is 0 Å². The molecule has 42 heavy (non-hydrogen) atoms. The van der Waals surface area contributed by atoms with Crippen LogP contribution in [0.3, 0.4) is 0 Å².